The van der Waals surface area contributed by atoms with Crippen LogP contribution in [0.4, 0.5) is 30.7 Å². The quantitative estimate of drug-likeness (QED) is 0.604. The normalized spacial score (nSPS) is 12.7. The van der Waals surface area contributed by atoms with Gasteiger partial charge in [0.05, 0.1) is 6.54 Å². The molecular weight excluding hydrogens is 321 g/mol. The first-order valence-corrected chi connectivity index (χ1v) is 4.82. The number of alkyl halides is 7. The summed E-state index contributed by atoms with van der Waals surface area (Å²) in [6.07, 6.45) is -6.68. The van der Waals surface area contributed by atoms with Crippen molar-refractivity contribution in [1.82, 2.24) is 10.6 Å². The van der Waals surface area contributed by atoms with Gasteiger partial charge in [-0.1, -0.05) is 0 Å². The Balaban J connectivity index is 4.72. The summed E-state index contributed by atoms with van der Waals surface area (Å²) < 4.78 is 85.6. The molecule has 6 nitrogen and oxygen atoms in total. The smallest absolute Gasteiger partial charge is 0.460 e. The molecule has 0 aliphatic carbocycles. The maximum atomic E-state index is 12.7. The monoisotopic (exact) mass is 328 g/mol. The highest BCUT2D eigenvalue weighted by atomic mass is 19.4. The number of hydrogen-bond donors (Lipinski definition) is 3. The van der Waals surface area contributed by atoms with Gasteiger partial charge in [-0.05, 0) is 0 Å². The Labute approximate surface area is 111 Å². The van der Waals surface area contributed by atoms with E-state index in [9.17, 15) is 45.1 Å². The molecule has 0 aliphatic rings. The zero-order valence-corrected chi connectivity index (χ0v) is 9.73. The van der Waals surface area contributed by atoms with Crippen LogP contribution in [-0.4, -0.2) is 54.0 Å². The molecule has 0 aromatic heterocycles. The number of carbonyl (C=O) groups is 3. The SMILES string of the molecule is O=C(O)CNC(=O)CNC(=O)C(F)(F)C(F)(F)C(F)(F)F. The molecule has 0 spiro atoms. The van der Waals surface area contributed by atoms with E-state index >= 15 is 0 Å². The molecule has 0 fully saturated rings. The van der Waals surface area contributed by atoms with Crippen LogP contribution >= 0.6 is 0 Å². The lowest BCUT2D eigenvalue weighted by atomic mass is 10.1. The van der Waals surface area contributed by atoms with E-state index in [-0.39, 0.29) is 0 Å². The topological polar surface area (TPSA) is 95.5 Å². The number of hydrogen-bond acceptors (Lipinski definition) is 3. The highest BCUT2D eigenvalue weighted by molar-refractivity contribution is 5.90. The van der Waals surface area contributed by atoms with E-state index in [1.807, 2.05) is 0 Å². The molecular formula is C8H7F7N2O4. The third kappa shape index (κ3) is 4.46. The molecule has 3 N–H and O–H groups in total. The summed E-state index contributed by atoms with van der Waals surface area (Å²) in [6, 6.07) is 0. The Morgan fingerprint density at radius 2 is 1.33 bits per heavy atom. The fraction of sp³-hybridized carbons (Fsp3) is 0.625. The van der Waals surface area contributed by atoms with Crippen molar-refractivity contribution < 1.29 is 50.2 Å². The Hall–Kier alpha value is -2.08. The second-order valence-electron chi connectivity index (χ2n) is 3.50. The fourth-order valence-electron chi connectivity index (χ4n) is 0.829. The second kappa shape index (κ2) is 6.13. The number of carboxylic acid groups (broad SMARTS) is 1. The Kier molecular flexibility index (Phi) is 5.53. The van der Waals surface area contributed by atoms with Crippen molar-refractivity contribution in [3.05, 3.63) is 0 Å². The van der Waals surface area contributed by atoms with E-state index in [0.29, 0.717) is 0 Å². The highest BCUT2D eigenvalue weighted by Gasteiger charge is 2.76. The number of halogens is 7. The Morgan fingerprint density at radius 1 is 0.857 bits per heavy atom. The third-order valence-corrected chi connectivity index (χ3v) is 1.88. The zero-order chi connectivity index (χ0) is 17.1. The molecule has 0 aromatic carbocycles. The van der Waals surface area contributed by atoms with Gasteiger partial charge in [0, 0.05) is 0 Å². The van der Waals surface area contributed by atoms with E-state index in [1.54, 1.807) is 5.32 Å². The molecule has 13 heteroatoms. The second-order valence-corrected chi connectivity index (χ2v) is 3.50. The lowest BCUT2D eigenvalue weighted by Gasteiger charge is -2.26. The average Bonchev–Trinajstić information content (AvgIpc) is 2.31. The number of aliphatic carboxylic acids is 1. The molecule has 21 heavy (non-hydrogen) atoms. The van der Waals surface area contributed by atoms with Gasteiger partial charge in [0.2, 0.25) is 5.91 Å². The Morgan fingerprint density at radius 3 is 1.71 bits per heavy atom. The molecule has 0 radical (unpaired) electrons. The van der Waals surface area contributed by atoms with Crippen LogP contribution in [-0.2, 0) is 14.4 Å². The molecule has 0 unspecified atom stereocenters. The number of carboxylic acids is 1. The van der Waals surface area contributed by atoms with Crippen LogP contribution in [0.25, 0.3) is 0 Å². The minimum Gasteiger partial charge on any atom is -0.480 e. The van der Waals surface area contributed by atoms with Crippen LogP contribution in [0.2, 0.25) is 0 Å². The number of rotatable bonds is 6. The third-order valence-electron chi connectivity index (χ3n) is 1.88. The first kappa shape index (κ1) is 18.9. The summed E-state index contributed by atoms with van der Waals surface area (Å²) in [5.74, 6) is -18.7. The molecule has 0 saturated carbocycles. The fourth-order valence-corrected chi connectivity index (χ4v) is 0.829. The van der Waals surface area contributed by atoms with Gasteiger partial charge >= 0.3 is 24.0 Å². The lowest BCUT2D eigenvalue weighted by Crippen LogP contribution is -2.60. The van der Waals surface area contributed by atoms with Gasteiger partial charge in [-0.15, -0.1) is 0 Å². The van der Waals surface area contributed by atoms with Gasteiger partial charge in [-0.25, -0.2) is 0 Å². The zero-order valence-electron chi connectivity index (χ0n) is 9.73. The summed E-state index contributed by atoms with van der Waals surface area (Å²) in [5.41, 5.74) is 0. The molecule has 0 atom stereocenters. The average molecular weight is 328 g/mol. The molecule has 2 amide bonds. The van der Waals surface area contributed by atoms with Crippen LogP contribution in [0, 0.1) is 0 Å². The van der Waals surface area contributed by atoms with Gasteiger partial charge in [0.15, 0.2) is 0 Å². The van der Waals surface area contributed by atoms with E-state index < -0.39 is 48.9 Å². The van der Waals surface area contributed by atoms with Crippen molar-refractivity contribution in [3.8, 4) is 0 Å². The Bertz CT molecular complexity index is 435. The predicted molar refractivity (Wildman–Crippen MR) is 49.6 cm³/mol. The van der Waals surface area contributed by atoms with Crippen molar-refractivity contribution in [2.45, 2.75) is 18.0 Å². The lowest BCUT2D eigenvalue weighted by molar-refractivity contribution is -0.344. The molecule has 0 rings (SSSR count). The van der Waals surface area contributed by atoms with Gasteiger partial charge in [0.1, 0.15) is 6.54 Å². The van der Waals surface area contributed by atoms with Gasteiger partial charge < -0.3 is 15.7 Å². The number of nitrogens with one attached hydrogen (secondary N) is 2. The van der Waals surface area contributed by atoms with Crippen LogP contribution < -0.4 is 10.6 Å². The largest absolute Gasteiger partial charge is 0.480 e. The van der Waals surface area contributed by atoms with E-state index in [4.69, 9.17) is 5.11 Å². The summed E-state index contributed by atoms with van der Waals surface area (Å²) in [6.45, 7) is -2.38. The minimum absolute atomic E-state index is 0.851. The van der Waals surface area contributed by atoms with Crippen molar-refractivity contribution in [3.63, 3.8) is 0 Å². The highest BCUT2D eigenvalue weighted by Crippen LogP contribution is 2.46. The molecule has 0 heterocycles. The van der Waals surface area contributed by atoms with Crippen molar-refractivity contribution in [1.29, 1.82) is 0 Å². The van der Waals surface area contributed by atoms with Crippen LogP contribution in [0.5, 0.6) is 0 Å². The standard InChI is InChI=1S/C8H7F7N2O4/c9-6(10,7(11,12)8(13,14)15)5(21)17-1-3(18)16-2-4(19)20/h1-2H2,(H,16,18)(H,17,21)(H,19,20). The van der Waals surface area contributed by atoms with Gasteiger partial charge in [-0.2, -0.15) is 30.7 Å². The summed E-state index contributed by atoms with van der Waals surface area (Å²) in [4.78, 5) is 31.4. The predicted octanol–water partition coefficient (Wildman–Crippen LogP) is 0.136. The van der Waals surface area contributed by atoms with Crippen molar-refractivity contribution in [2.24, 2.45) is 0 Å². The first-order chi connectivity index (χ1) is 9.23. The van der Waals surface area contributed by atoms with E-state index in [1.165, 1.54) is 0 Å². The van der Waals surface area contributed by atoms with Crippen LogP contribution in [0.1, 0.15) is 0 Å². The van der Waals surface area contributed by atoms with Crippen LogP contribution in [0.15, 0.2) is 0 Å². The van der Waals surface area contributed by atoms with Gasteiger partial charge in [-0.3, -0.25) is 14.4 Å². The summed E-state index contributed by atoms with van der Waals surface area (Å²) in [5, 5.41) is 10.5. The van der Waals surface area contributed by atoms with Crippen LogP contribution in [0.3, 0.4) is 0 Å². The first-order valence-electron chi connectivity index (χ1n) is 4.82. The maximum absolute atomic E-state index is 12.7. The minimum atomic E-state index is -6.68. The molecule has 0 bridgehead atoms. The van der Waals surface area contributed by atoms with E-state index in [0.717, 1.165) is 5.32 Å². The van der Waals surface area contributed by atoms with Gasteiger partial charge in [0.25, 0.3) is 5.91 Å². The molecule has 0 saturated heterocycles. The number of carbonyl (C=O) groups excluding carboxylic acids is 2. The maximum Gasteiger partial charge on any atom is 0.460 e. The molecule has 0 aliphatic heterocycles. The molecule has 122 valence electrons. The summed E-state index contributed by atoms with van der Waals surface area (Å²) in [7, 11) is 0. The van der Waals surface area contributed by atoms with E-state index in [2.05, 4.69) is 0 Å². The molecule has 0 aromatic rings. The summed E-state index contributed by atoms with van der Waals surface area (Å²) >= 11 is 0. The van der Waals surface area contributed by atoms with Crippen molar-refractivity contribution >= 4 is 17.8 Å². The van der Waals surface area contributed by atoms with Crippen molar-refractivity contribution in [2.75, 3.05) is 13.1 Å². The number of amides is 2.